The van der Waals surface area contributed by atoms with Gasteiger partial charge in [0.25, 0.3) is 10.0 Å². The average molecular weight is 322 g/mol. The molecule has 3 N–H and O–H groups in total. The lowest BCUT2D eigenvalue weighted by Gasteiger charge is -2.08. The summed E-state index contributed by atoms with van der Waals surface area (Å²) in [5.41, 5.74) is 9.76. The van der Waals surface area contributed by atoms with Gasteiger partial charge in [-0.15, -0.1) is 11.3 Å². The molecule has 1 aromatic carbocycles. The van der Waals surface area contributed by atoms with Gasteiger partial charge in [0, 0.05) is 17.1 Å². The zero-order valence-electron chi connectivity index (χ0n) is 11.8. The van der Waals surface area contributed by atoms with Gasteiger partial charge in [-0.3, -0.25) is 4.72 Å². The van der Waals surface area contributed by atoms with Gasteiger partial charge in [-0.2, -0.15) is 0 Å². The van der Waals surface area contributed by atoms with E-state index in [0.29, 0.717) is 16.4 Å². The maximum absolute atomic E-state index is 12.4. The molecule has 0 bridgehead atoms. The van der Waals surface area contributed by atoms with Crippen molar-refractivity contribution >= 4 is 27.0 Å². The van der Waals surface area contributed by atoms with Crippen LogP contribution in [-0.2, 0) is 29.4 Å². The summed E-state index contributed by atoms with van der Waals surface area (Å²) in [7, 11) is -3.53. The fourth-order valence-electron chi connectivity index (χ4n) is 2.66. The smallest absolute Gasteiger partial charge is 0.271 e. The first-order chi connectivity index (χ1) is 9.99. The van der Waals surface area contributed by atoms with Crippen LogP contribution in [0.1, 0.15) is 28.0 Å². The highest BCUT2D eigenvalue weighted by molar-refractivity contribution is 7.94. The number of benzene rings is 1. The summed E-state index contributed by atoms with van der Waals surface area (Å²) in [6.07, 6.45) is 3.27. The minimum atomic E-state index is -3.53. The summed E-state index contributed by atoms with van der Waals surface area (Å²) in [6.45, 7) is 2.25. The average Bonchev–Trinajstić information content (AvgIpc) is 3.04. The van der Waals surface area contributed by atoms with Crippen molar-refractivity contribution in [2.75, 3.05) is 4.72 Å². The van der Waals surface area contributed by atoms with Crippen molar-refractivity contribution in [3.63, 3.8) is 0 Å². The van der Waals surface area contributed by atoms with E-state index < -0.39 is 10.0 Å². The number of rotatable bonds is 4. The van der Waals surface area contributed by atoms with E-state index in [4.69, 9.17) is 5.73 Å². The van der Waals surface area contributed by atoms with Crippen molar-refractivity contribution in [2.45, 2.75) is 36.9 Å². The van der Waals surface area contributed by atoms with Gasteiger partial charge >= 0.3 is 0 Å². The van der Waals surface area contributed by atoms with Crippen molar-refractivity contribution in [3.8, 4) is 0 Å². The monoisotopic (exact) mass is 322 g/mol. The lowest BCUT2D eigenvalue weighted by molar-refractivity contribution is 0.603. The van der Waals surface area contributed by atoms with E-state index in [2.05, 4.69) is 4.72 Å². The van der Waals surface area contributed by atoms with Crippen molar-refractivity contribution in [3.05, 3.63) is 45.8 Å². The lowest BCUT2D eigenvalue weighted by Crippen LogP contribution is -2.11. The van der Waals surface area contributed by atoms with E-state index >= 15 is 0 Å². The molecule has 0 unspecified atom stereocenters. The molecule has 1 heterocycles. The fourth-order valence-corrected chi connectivity index (χ4v) is 5.18. The maximum atomic E-state index is 12.4. The summed E-state index contributed by atoms with van der Waals surface area (Å²) >= 11 is 1.24. The van der Waals surface area contributed by atoms with Crippen molar-refractivity contribution in [2.24, 2.45) is 5.73 Å². The highest BCUT2D eigenvalue weighted by Gasteiger charge is 2.19. The Labute approximate surface area is 129 Å². The molecular weight excluding hydrogens is 304 g/mol. The number of nitrogens with one attached hydrogen (secondary N) is 1. The minimum absolute atomic E-state index is 0.320. The van der Waals surface area contributed by atoms with Gasteiger partial charge in [-0.25, -0.2) is 8.42 Å². The number of nitrogens with two attached hydrogens (primary N) is 1. The molecule has 0 aliphatic heterocycles. The molecule has 21 heavy (non-hydrogen) atoms. The molecule has 0 radical (unpaired) electrons. The molecule has 3 rings (SSSR count). The van der Waals surface area contributed by atoms with Gasteiger partial charge in [0.2, 0.25) is 0 Å². The predicted molar refractivity (Wildman–Crippen MR) is 86.2 cm³/mol. The Morgan fingerprint density at radius 3 is 2.71 bits per heavy atom. The predicted octanol–water partition coefficient (Wildman–Crippen LogP) is 2.80. The second-order valence-corrected chi connectivity index (χ2v) is 8.36. The molecule has 0 amide bonds. The van der Waals surface area contributed by atoms with Crippen LogP contribution in [0.4, 0.5) is 5.69 Å². The number of aryl methyl sites for hydroxylation is 3. The molecule has 4 nitrogen and oxygen atoms in total. The van der Waals surface area contributed by atoms with Crippen LogP contribution in [0.15, 0.2) is 28.5 Å². The lowest BCUT2D eigenvalue weighted by atomic mass is 10.1. The van der Waals surface area contributed by atoms with E-state index in [9.17, 15) is 8.42 Å². The van der Waals surface area contributed by atoms with Crippen molar-refractivity contribution < 1.29 is 8.42 Å². The molecular formula is C15H18N2O2S2. The van der Waals surface area contributed by atoms with Crippen LogP contribution in [-0.4, -0.2) is 8.42 Å². The standard InChI is InChI=1S/C15H18N2O2S2/c1-10-7-15(20-14(10)9-16)21(18,19)17-13-6-5-11-3-2-4-12(11)8-13/h5-8,17H,2-4,9,16H2,1H3. The Morgan fingerprint density at radius 1 is 1.24 bits per heavy atom. The molecule has 0 saturated carbocycles. The van der Waals surface area contributed by atoms with E-state index in [-0.39, 0.29) is 0 Å². The first-order valence-electron chi connectivity index (χ1n) is 6.93. The number of sulfonamides is 1. The van der Waals surface area contributed by atoms with E-state index in [1.165, 1.54) is 22.5 Å². The molecule has 0 saturated heterocycles. The SMILES string of the molecule is Cc1cc(S(=O)(=O)Nc2ccc3c(c2)CCC3)sc1CN. The van der Waals surface area contributed by atoms with Crippen LogP contribution in [0.5, 0.6) is 0 Å². The number of thiophene rings is 1. The Hall–Kier alpha value is -1.37. The Balaban J connectivity index is 1.88. The fraction of sp³-hybridized carbons (Fsp3) is 0.333. The van der Waals surface area contributed by atoms with Crippen molar-refractivity contribution in [1.82, 2.24) is 0 Å². The van der Waals surface area contributed by atoms with Gasteiger partial charge < -0.3 is 5.73 Å². The number of fused-ring (bicyclic) bond motifs is 1. The van der Waals surface area contributed by atoms with E-state index in [0.717, 1.165) is 29.7 Å². The first kappa shape index (κ1) is 14.6. The minimum Gasteiger partial charge on any atom is -0.326 e. The molecule has 0 spiro atoms. The zero-order chi connectivity index (χ0) is 15.0. The second kappa shape index (κ2) is 5.44. The van der Waals surface area contributed by atoms with E-state index in [1.807, 2.05) is 25.1 Å². The number of hydrogen-bond donors (Lipinski definition) is 2. The van der Waals surface area contributed by atoms with Crippen LogP contribution in [0, 0.1) is 6.92 Å². The van der Waals surface area contributed by atoms with Crippen LogP contribution in [0.3, 0.4) is 0 Å². The third-order valence-corrected chi connectivity index (χ3v) is 6.91. The summed E-state index contributed by atoms with van der Waals surface area (Å²) < 4.78 is 27.9. The highest BCUT2D eigenvalue weighted by Crippen LogP contribution is 2.29. The van der Waals surface area contributed by atoms with Crippen molar-refractivity contribution in [1.29, 1.82) is 0 Å². The topological polar surface area (TPSA) is 72.2 Å². The molecule has 6 heteroatoms. The Morgan fingerprint density at radius 2 is 2.00 bits per heavy atom. The molecule has 0 atom stereocenters. The first-order valence-corrected chi connectivity index (χ1v) is 9.23. The van der Waals surface area contributed by atoms with Gasteiger partial charge in [0.05, 0.1) is 0 Å². The van der Waals surface area contributed by atoms with Crippen LogP contribution >= 0.6 is 11.3 Å². The normalized spacial score (nSPS) is 14.2. The van der Waals surface area contributed by atoms with E-state index in [1.54, 1.807) is 6.07 Å². The zero-order valence-corrected chi connectivity index (χ0v) is 13.5. The largest absolute Gasteiger partial charge is 0.326 e. The number of hydrogen-bond acceptors (Lipinski definition) is 4. The van der Waals surface area contributed by atoms with Crippen LogP contribution in [0.25, 0.3) is 0 Å². The third-order valence-electron chi connectivity index (χ3n) is 3.80. The molecule has 1 aliphatic carbocycles. The highest BCUT2D eigenvalue weighted by atomic mass is 32.2. The second-order valence-electron chi connectivity index (χ2n) is 5.32. The van der Waals surface area contributed by atoms with Gasteiger partial charge in [0.15, 0.2) is 0 Å². The molecule has 112 valence electrons. The number of anilines is 1. The summed E-state index contributed by atoms with van der Waals surface area (Å²) in [4.78, 5) is 0.907. The molecule has 1 aliphatic rings. The summed E-state index contributed by atoms with van der Waals surface area (Å²) in [5, 5.41) is 0. The third kappa shape index (κ3) is 2.84. The summed E-state index contributed by atoms with van der Waals surface area (Å²) in [6, 6.07) is 7.49. The van der Waals surface area contributed by atoms with Crippen LogP contribution in [0.2, 0.25) is 0 Å². The quantitative estimate of drug-likeness (QED) is 0.909. The van der Waals surface area contributed by atoms with Gasteiger partial charge in [0.1, 0.15) is 4.21 Å². The molecule has 2 aromatic rings. The maximum Gasteiger partial charge on any atom is 0.271 e. The summed E-state index contributed by atoms with van der Waals surface area (Å²) in [5.74, 6) is 0. The Kier molecular flexibility index (Phi) is 3.77. The van der Waals surface area contributed by atoms with Gasteiger partial charge in [-0.05, 0) is 61.1 Å². The molecule has 0 fully saturated rings. The Bertz CT molecular complexity index is 779. The van der Waals surface area contributed by atoms with Gasteiger partial charge in [-0.1, -0.05) is 6.07 Å². The van der Waals surface area contributed by atoms with Crippen LogP contribution < -0.4 is 10.5 Å². The molecule has 1 aromatic heterocycles.